The van der Waals surface area contributed by atoms with Crippen molar-refractivity contribution in [3.8, 4) is 0 Å². The Hall–Kier alpha value is -2.14. The lowest BCUT2D eigenvalue weighted by Crippen LogP contribution is -2.26. The van der Waals surface area contributed by atoms with E-state index in [1.54, 1.807) is 23.7 Å². The molecule has 2 aromatic heterocycles. The maximum atomic E-state index is 12.3. The van der Waals surface area contributed by atoms with Crippen LogP contribution in [-0.4, -0.2) is 15.9 Å². The van der Waals surface area contributed by atoms with Gasteiger partial charge in [0.2, 0.25) is 0 Å². The van der Waals surface area contributed by atoms with Crippen molar-refractivity contribution in [2.75, 3.05) is 0 Å². The van der Waals surface area contributed by atoms with E-state index in [0.29, 0.717) is 5.56 Å². The van der Waals surface area contributed by atoms with Crippen LogP contribution in [0.25, 0.3) is 11.0 Å². The molecule has 20 heavy (non-hydrogen) atoms. The van der Waals surface area contributed by atoms with Gasteiger partial charge in [0.25, 0.3) is 5.91 Å². The summed E-state index contributed by atoms with van der Waals surface area (Å²) in [5, 5.41) is 3.02. The van der Waals surface area contributed by atoms with Crippen LogP contribution in [0, 0.1) is 6.92 Å². The molecule has 1 amide bonds. The first kappa shape index (κ1) is 12.9. The second-order valence-corrected chi connectivity index (χ2v) is 6.10. The first-order chi connectivity index (χ1) is 9.63. The average Bonchev–Trinajstić information content (AvgIpc) is 3.05. The highest BCUT2D eigenvalue weighted by atomic mass is 32.1. The quantitative estimate of drug-likeness (QED) is 0.774. The van der Waals surface area contributed by atoms with Gasteiger partial charge < -0.3 is 10.3 Å². The molecule has 0 spiro atoms. The molecule has 1 aromatic carbocycles. The number of thiophene rings is 1. The molecular formula is C15H15N3OS. The summed E-state index contributed by atoms with van der Waals surface area (Å²) in [6, 6.07) is 9.61. The molecule has 0 saturated carbocycles. The van der Waals surface area contributed by atoms with E-state index in [2.05, 4.69) is 34.3 Å². The van der Waals surface area contributed by atoms with Crippen molar-refractivity contribution in [3.63, 3.8) is 0 Å². The smallest absolute Gasteiger partial charge is 0.251 e. The van der Waals surface area contributed by atoms with Gasteiger partial charge in [0, 0.05) is 15.3 Å². The van der Waals surface area contributed by atoms with Crippen LogP contribution in [0.3, 0.4) is 0 Å². The van der Waals surface area contributed by atoms with Crippen LogP contribution in [0.1, 0.15) is 33.1 Å². The summed E-state index contributed by atoms with van der Waals surface area (Å²) < 4.78 is 0. The number of benzene rings is 1. The fourth-order valence-corrected chi connectivity index (χ4v) is 2.99. The van der Waals surface area contributed by atoms with Crippen molar-refractivity contribution in [2.24, 2.45) is 0 Å². The van der Waals surface area contributed by atoms with Gasteiger partial charge in [-0.3, -0.25) is 4.79 Å². The van der Waals surface area contributed by atoms with E-state index >= 15 is 0 Å². The molecule has 4 nitrogen and oxygen atoms in total. The Labute approximate surface area is 120 Å². The number of amides is 1. The Morgan fingerprint density at radius 1 is 1.35 bits per heavy atom. The number of nitrogens with one attached hydrogen (secondary N) is 2. The molecule has 3 aromatic rings. The Morgan fingerprint density at radius 3 is 2.95 bits per heavy atom. The number of fused-ring (bicyclic) bond motifs is 1. The normalized spacial score (nSPS) is 12.5. The van der Waals surface area contributed by atoms with Crippen LogP contribution in [0.2, 0.25) is 0 Å². The molecule has 0 aliphatic heterocycles. The molecule has 0 aliphatic carbocycles. The number of hydrogen-bond acceptors (Lipinski definition) is 3. The Bertz CT molecular complexity index is 759. The largest absolute Gasteiger partial charge is 0.345 e. The highest BCUT2D eigenvalue weighted by molar-refractivity contribution is 7.12. The van der Waals surface area contributed by atoms with Gasteiger partial charge >= 0.3 is 0 Å². The van der Waals surface area contributed by atoms with Gasteiger partial charge in [-0.2, -0.15) is 0 Å². The van der Waals surface area contributed by atoms with E-state index in [1.807, 2.05) is 19.1 Å². The molecule has 1 unspecified atom stereocenters. The van der Waals surface area contributed by atoms with Crippen LogP contribution < -0.4 is 5.32 Å². The summed E-state index contributed by atoms with van der Waals surface area (Å²) >= 11 is 1.71. The predicted molar refractivity (Wildman–Crippen MR) is 81.0 cm³/mol. The molecule has 0 fully saturated rings. The molecular weight excluding hydrogens is 270 g/mol. The van der Waals surface area contributed by atoms with Crippen molar-refractivity contribution in [1.82, 2.24) is 15.3 Å². The number of hydrogen-bond donors (Lipinski definition) is 2. The summed E-state index contributed by atoms with van der Waals surface area (Å²) in [5.41, 5.74) is 2.38. The molecule has 0 bridgehead atoms. The SMILES string of the molecule is Cc1ccc(C(C)NC(=O)c2ccc3nc[nH]c3c2)s1. The molecule has 5 heteroatoms. The van der Waals surface area contributed by atoms with E-state index < -0.39 is 0 Å². The zero-order valence-electron chi connectivity index (χ0n) is 11.3. The number of H-pyrrole nitrogens is 1. The van der Waals surface area contributed by atoms with Gasteiger partial charge in [-0.05, 0) is 44.2 Å². The van der Waals surface area contributed by atoms with E-state index in [9.17, 15) is 4.79 Å². The molecule has 2 heterocycles. The van der Waals surface area contributed by atoms with Gasteiger partial charge in [0.05, 0.1) is 23.4 Å². The minimum absolute atomic E-state index is 0.0127. The minimum atomic E-state index is -0.0694. The fourth-order valence-electron chi connectivity index (χ4n) is 2.11. The lowest BCUT2D eigenvalue weighted by molar-refractivity contribution is 0.0940. The van der Waals surface area contributed by atoms with E-state index in [0.717, 1.165) is 11.0 Å². The molecule has 0 saturated heterocycles. The summed E-state index contributed by atoms with van der Waals surface area (Å²) in [4.78, 5) is 21.8. The third-order valence-corrected chi connectivity index (χ3v) is 4.40. The van der Waals surface area contributed by atoms with Crippen molar-refractivity contribution in [3.05, 3.63) is 52.0 Å². The monoisotopic (exact) mass is 285 g/mol. The summed E-state index contributed by atoms with van der Waals surface area (Å²) in [6.07, 6.45) is 1.63. The summed E-state index contributed by atoms with van der Waals surface area (Å²) in [5.74, 6) is -0.0694. The number of aryl methyl sites for hydroxylation is 1. The highest BCUT2D eigenvalue weighted by Crippen LogP contribution is 2.22. The molecule has 0 aliphatic rings. The number of aromatic nitrogens is 2. The summed E-state index contributed by atoms with van der Waals surface area (Å²) in [7, 11) is 0. The first-order valence-electron chi connectivity index (χ1n) is 6.44. The fraction of sp³-hybridized carbons (Fsp3) is 0.200. The minimum Gasteiger partial charge on any atom is -0.345 e. The molecule has 2 N–H and O–H groups in total. The summed E-state index contributed by atoms with van der Waals surface area (Å²) in [6.45, 7) is 4.06. The molecule has 0 radical (unpaired) electrons. The van der Waals surface area contributed by atoms with Gasteiger partial charge in [0.1, 0.15) is 0 Å². The van der Waals surface area contributed by atoms with E-state index in [-0.39, 0.29) is 11.9 Å². The Morgan fingerprint density at radius 2 is 2.20 bits per heavy atom. The zero-order chi connectivity index (χ0) is 14.1. The average molecular weight is 285 g/mol. The number of imidazole rings is 1. The maximum absolute atomic E-state index is 12.3. The number of nitrogens with zero attached hydrogens (tertiary/aromatic N) is 1. The van der Waals surface area contributed by atoms with Crippen LogP contribution in [0.5, 0.6) is 0 Å². The standard InChI is InChI=1S/C15H15N3OS/c1-9-3-6-14(20-9)10(2)18-15(19)11-4-5-12-13(7-11)17-8-16-12/h3-8,10H,1-2H3,(H,16,17)(H,18,19). The number of aromatic amines is 1. The lowest BCUT2D eigenvalue weighted by atomic mass is 10.1. The van der Waals surface area contributed by atoms with E-state index in [1.165, 1.54) is 9.75 Å². The molecule has 102 valence electrons. The van der Waals surface area contributed by atoms with Crippen LogP contribution in [-0.2, 0) is 0 Å². The van der Waals surface area contributed by atoms with Gasteiger partial charge in [-0.25, -0.2) is 4.98 Å². The van der Waals surface area contributed by atoms with Gasteiger partial charge in [-0.1, -0.05) is 0 Å². The van der Waals surface area contributed by atoms with Crippen LogP contribution in [0.4, 0.5) is 0 Å². The predicted octanol–water partition coefficient (Wildman–Crippen LogP) is 3.42. The van der Waals surface area contributed by atoms with Crippen molar-refractivity contribution in [2.45, 2.75) is 19.9 Å². The van der Waals surface area contributed by atoms with Crippen LogP contribution in [0.15, 0.2) is 36.7 Å². The lowest BCUT2D eigenvalue weighted by Gasteiger charge is -2.12. The molecule has 1 atom stereocenters. The van der Waals surface area contributed by atoms with Gasteiger partial charge in [0.15, 0.2) is 0 Å². The highest BCUT2D eigenvalue weighted by Gasteiger charge is 2.13. The Kier molecular flexibility index (Phi) is 3.28. The second kappa shape index (κ2) is 5.09. The maximum Gasteiger partial charge on any atom is 0.251 e. The third kappa shape index (κ3) is 2.44. The number of carbonyl (C=O) groups excluding carboxylic acids is 1. The number of rotatable bonds is 3. The second-order valence-electron chi connectivity index (χ2n) is 4.78. The topological polar surface area (TPSA) is 57.8 Å². The van der Waals surface area contributed by atoms with Crippen molar-refractivity contribution < 1.29 is 4.79 Å². The first-order valence-corrected chi connectivity index (χ1v) is 7.25. The van der Waals surface area contributed by atoms with E-state index in [4.69, 9.17) is 0 Å². The Balaban J connectivity index is 1.78. The molecule has 3 rings (SSSR count). The van der Waals surface area contributed by atoms with Gasteiger partial charge in [-0.15, -0.1) is 11.3 Å². The van der Waals surface area contributed by atoms with Crippen LogP contribution >= 0.6 is 11.3 Å². The third-order valence-electron chi connectivity index (χ3n) is 3.22. The van der Waals surface area contributed by atoms with Crippen molar-refractivity contribution in [1.29, 1.82) is 0 Å². The van der Waals surface area contributed by atoms with Crippen molar-refractivity contribution >= 4 is 28.3 Å². The number of carbonyl (C=O) groups is 1. The zero-order valence-corrected chi connectivity index (χ0v) is 12.1.